The summed E-state index contributed by atoms with van der Waals surface area (Å²) in [5.74, 6) is 1.51. The number of anilines is 1. The molecule has 0 bridgehead atoms. The Morgan fingerprint density at radius 1 is 1.50 bits per heavy atom. The van der Waals surface area contributed by atoms with Crippen LogP contribution in [-0.2, 0) is 10.3 Å². The fourth-order valence-corrected chi connectivity index (χ4v) is 1.64. The molecule has 0 aliphatic heterocycles. The number of nitrogens with zero attached hydrogens (tertiary/aromatic N) is 2. The van der Waals surface area contributed by atoms with Gasteiger partial charge in [-0.2, -0.15) is 0 Å². The van der Waals surface area contributed by atoms with Gasteiger partial charge in [0.25, 0.3) is 0 Å². The minimum atomic E-state index is -0.426. The Kier molecular flexibility index (Phi) is 4.68. The van der Waals surface area contributed by atoms with Crippen molar-refractivity contribution in [1.82, 2.24) is 9.97 Å². The molecule has 0 saturated carbocycles. The lowest BCUT2D eigenvalue weighted by Crippen LogP contribution is -2.26. The minimum Gasteiger partial charge on any atom is -0.371 e. The van der Waals surface area contributed by atoms with E-state index < -0.39 is 5.60 Å². The molecule has 1 aromatic heterocycles. The van der Waals surface area contributed by atoms with Crippen molar-refractivity contribution < 1.29 is 4.74 Å². The van der Waals surface area contributed by atoms with E-state index in [9.17, 15) is 0 Å². The van der Waals surface area contributed by atoms with Crippen LogP contribution in [0.5, 0.6) is 0 Å². The van der Waals surface area contributed by atoms with Gasteiger partial charge >= 0.3 is 0 Å². The molecule has 0 spiro atoms. The molecule has 0 fully saturated rings. The highest BCUT2D eigenvalue weighted by atomic mass is 79.9. The third-order valence-corrected chi connectivity index (χ3v) is 3.27. The molecule has 1 atom stereocenters. The molecule has 4 nitrogen and oxygen atoms in total. The molecule has 0 aliphatic carbocycles. The van der Waals surface area contributed by atoms with Crippen LogP contribution in [0, 0.1) is 0 Å². The largest absolute Gasteiger partial charge is 0.371 e. The zero-order chi connectivity index (χ0) is 12.2. The second kappa shape index (κ2) is 5.59. The van der Waals surface area contributed by atoms with Gasteiger partial charge in [0.2, 0.25) is 0 Å². The molecule has 1 unspecified atom stereocenters. The molecule has 0 aromatic carbocycles. The van der Waals surface area contributed by atoms with Gasteiger partial charge in [0.1, 0.15) is 11.4 Å². The number of methoxy groups -OCH3 is 1. The Hall–Kier alpha value is -0.680. The molecule has 1 heterocycles. The van der Waals surface area contributed by atoms with Crippen LogP contribution < -0.4 is 5.32 Å². The Labute approximate surface area is 105 Å². The van der Waals surface area contributed by atoms with Crippen LogP contribution in [-0.4, -0.2) is 23.6 Å². The van der Waals surface area contributed by atoms with Crippen molar-refractivity contribution in [1.29, 1.82) is 0 Å². The van der Waals surface area contributed by atoms with Crippen LogP contribution >= 0.6 is 15.9 Å². The molecular formula is C11H18BrN3O. The third-order valence-electron chi connectivity index (χ3n) is 2.69. The SMILES string of the molecule is CCNc1nc(C(C)(CC)OC)ncc1Br. The predicted octanol–water partition coefficient (Wildman–Crippen LogP) is 2.94. The van der Waals surface area contributed by atoms with Gasteiger partial charge in [0, 0.05) is 19.9 Å². The van der Waals surface area contributed by atoms with E-state index in [2.05, 4.69) is 38.1 Å². The summed E-state index contributed by atoms with van der Waals surface area (Å²) in [5, 5.41) is 3.18. The first-order valence-corrected chi connectivity index (χ1v) is 6.18. The van der Waals surface area contributed by atoms with Gasteiger partial charge in [-0.1, -0.05) is 6.92 Å². The van der Waals surface area contributed by atoms with Crippen LogP contribution in [0.1, 0.15) is 33.0 Å². The molecule has 90 valence electrons. The Morgan fingerprint density at radius 3 is 2.69 bits per heavy atom. The molecule has 0 amide bonds. The molecule has 1 aromatic rings. The average Bonchev–Trinajstić information content (AvgIpc) is 2.31. The van der Waals surface area contributed by atoms with Crippen molar-refractivity contribution in [3.8, 4) is 0 Å². The zero-order valence-corrected chi connectivity index (χ0v) is 11.8. The van der Waals surface area contributed by atoms with E-state index in [1.807, 2.05) is 13.8 Å². The number of hydrogen-bond acceptors (Lipinski definition) is 4. The quantitative estimate of drug-likeness (QED) is 0.905. The molecule has 0 radical (unpaired) electrons. The summed E-state index contributed by atoms with van der Waals surface area (Å²) in [5.41, 5.74) is -0.426. The van der Waals surface area contributed by atoms with Crippen molar-refractivity contribution in [2.24, 2.45) is 0 Å². The summed E-state index contributed by atoms with van der Waals surface area (Å²) < 4.78 is 6.35. The Balaban J connectivity index is 3.10. The van der Waals surface area contributed by atoms with Gasteiger partial charge in [-0.25, -0.2) is 9.97 Å². The predicted molar refractivity (Wildman–Crippen MR) is 68.5 cm³/mol. The van der Waals surface area contributed by atoms with Crippen molar-refractivity contribution in [3.05, 3.63) is 16.5 Å². The number of nitrogens with one attached hydrogen (secondary N) is 1. The number of halogens is 1. The lowest BCUT2D eigenvalue weighted by Gasteiger charge is -2.25. The molecule has 0 aliphatic rings. The van der Waals surface area contributed by atoms with E-state index in [4.69, 9.17) is 4.74 Å². The normalized spacial score (nSPS) is 14.6. The van der Waals surface area contributed by atoms with Gasteiger partial charge in [0.05, 0.1) is 4.47 Å². The van der Waals surface area contributed by atoms with Crippen LogP contribution in [0.15, 0.2) is 10.7 Å². The van der Waals surface area contributed by atoms with Gasteiger partial charge in [-0.3, -0.25) is 0 Å². The average molecular weight is 288 g/mol. The fraction of sp³-hybridized carbons (Fsp3) is 0.636. The number of hydrogen-bond donors (Lipinski definition) is 1. The first-order valence-electron chi connectivity index (χ1n) is 5.39. The van der Waals surface area contributed by atoms with Crippen molar-refractivity contribution >= 4 is 21.7 Å². The second-order valence-corrected chi connectivity index (χ2v) is 4.56. The molecule has 1 N–H and O–H groups in total. The molecule has 1 rings (SSSR count). The zero-order valence-electron chi connectivity index (χ0n) is 10.2. The molecule has 16 heavy (non-hydrogen) atoms. The minimum absolute atomic E-state index is 0.426. The summed E-state index contributed by atoms with van der Waals surface area (Å²) in [6, 6.07) is 0. The van der Waals surface area contributed by atoms with Crippen LogP contribution in [0.4, 0.5) is 5.82 Å². The molecular weight excluding hydrogens is 270 g/mol. The van der Waals surface area contributed by atoms with Crippen molar-refractivity contribution in [2.45, 2.75) is 32.8 Å². The first kappa shape index (κ1) is 13.4. The maximum absolute atomic E-state index is 5.48. The van der Waals surface area contributed by atoms with E-state index >= 15 is 0 Å². The van der Waals surface area contributed by atoms with E-state index in [1.54, 1.807) is 13.3 Å². The maximum Gasteiger partial charge on any atom is 0.162 e. The van der Waals surface area contributed by atoms with E-state index in [0.29, 0.717) is 5.82 Å². The summed E-state index contributed by atoms with van der Waals surface area (Å²) in [7, 11) is 1.68. The van der Waals surface area contributed by atoms with Crippen LogP contribution in [0.3, 0.4) is 0 Å². The summed E-state index contributed by atoms with van der Waals surface area (Å²) in [6.07, 6.45) is 2.59. The summed E-state index contributed by atoms with van der Waals surface area (Å²) in [4.78, 5) is 8.79. The Bertz CT molecular complexity index is 353. The third kappa shape index (κ3) is 2.71. The lowest BCUT2D eigenvalue weighted by molar-refractivity contribution is -0.00890. The smallest absolute Gasteiger partial charge is 0.162 e. The molecule has 0 saturated heterocycles. The summed E-state index contributed by atoms with van der Waals surface area (Å²) >= 11 is 3.41. The van der Waals surface area contributed by atoms with E-state index in [0.717, 1.165) is 23.3 Å². The highest BCUT2D eigenvalue weighted by Crippen LogP contribution is 2.28. The van der Waals surface area contributed by atoms with E-state index in [-0.39, 0.29) is 0 Å². The number of ether oxygens (including phenoxy) is 1. The van der Waals surface area contributed by atoms with Gasteiger partial charge in [-0.15, -0.1) is 0 Å². The fourth-order valence-electron chi connectivity index (χ4n) is 1.31. The second-order valence-electron chi connectivity index (χ2n) is 3.71. The standard InChI is InChI=1S/C11H18BrN3O/c1-5-11(3,16-4)10-14-7-8(12)9(15-10)13-6-2/h7H,5-6H2,1-4H3,(H,13,14,15). The summed E-state index contributed by atoms with van der Waals surface area (Å²) in [6.45, 7) is 6.90. The van der Waals surface area contributed by atoms with Gasteiger partial charge in [0.15, 0.2) is 5.82 Å². The topological polar surface area (TPSA) is 47.0 Å². The van der Waals surface area contributed by atoms with Crippen LogP contribution in [0.25, 0.3) is 0 Å². The monoisotopic (exact) mass is 287 g/mol. The van der Waals surface area contributed by atoms with Crippen LogP contribution in [0.2, 0.25) is 0 Å². The molecule has 5 heteroatoms. The van der Waals surface area contributed by atoms with Gasteiger partial charge in [-0.05, 0) is 36.2 Å². The first-order chi connectivity index (χ1) is 7.57. The highest BCUT2D eigenvalue weighted by Gasteiger charge is 2.27. The van der Waals surface area contributed by atoms with Crippen molar-refractivity contribution in [2.75, 3.05) is 19.0 Å². The van der Waals surface area contributed by atoms with Crippen molar-refractivity contribution in [3.63, 3.8) is 0 Å². The Morgan fingerprint density at radius 2 is 2.19 bits per heavy atom. The maximum atomic E-state index is 5.48. The number of aromatic nitrogens is 2. The van der Waals surface area contributed by atoms with Gasteiger partial charge < -0.3 is 10.1 Å². The highest BCUT2D eigenvalue weighted by molar-refractivity contribution is 9.10. The number of rotatable bonds is 5. The van der Waals surface area contributed by atoms with E-state index in [1.165, 1.54) is 0 Å². The lowest BCUT2D eigenvalue weighted by atomic mass is 10.0.